The number of nitrogens with zero attached hydrogens (tertiary/aromatic N) is 4. The van der Waals surface area contributed by atoms with E-state index in [1.54, 1.807) is 23.3 Å². The molecule has 0 unspecified atom stereocenters. The zero-order valence-corrected chi connectivity index (χ0v) is 13.0. The van der Waals surface area contributed by atoms with Gasteiger partial charge in [-0.3, -0.25) is 14.2 Å². The van der Waals surface area contributed by atoms with E-state index in [1.165, 1.54) is 6.92 Å². The van der Waals surface area contributed by atoms with Crippen molar-refractivity contribution in [3.8, 4) is 5.95 Å². The lowest BCUT2D eigenvalue weighted by molar-refractivity contribution is -0.118. The van der Waals surface area contributed by atoms with Crippen LogP contribution in [-0.2, 0) is 16.0 Å². The second kappa shape index (κ2) is 7.87. The fraction of sp³-hybridized carbons (Fsp3) is 0.357. The molecule has 2 amide bonds. The molecule has 0 bridgehead atoms. The van der Waals surface area contributed by atoms with Crippen LogP contribution >= 0.6 is 0 Å². The fourth-order valence-electron chi connectivity index (χ4n) is 2.00. The van der Waals surface area contributed by atoms with Crippen LogP contribution in [0.15, 0.2) is 18.7 Å². The Morgan fingerprint density at radius 3 is 2.78 bits per heavy atom. The maximum Gasteiger partial charge on any atom is 0.237 e. The van der Waals surface area contributed by atoms with Crippen LogP contribution in [0.1, 0.15) is 19.5 Å². The van der Waals surface area contributed by atoms with Gasteiger partial charge in [0.25, 0.3) is 0 Å². The smallest absolute Gasteiger partial charge is 0.237 e. The van der Waals surface area contributed by atoms with Crippen molar-refractivity contribution < 1.29 is 9.59 Å². The van der Waals surface area contributed by atoms with E-state index in [2.05, 4.69) is 30.9 Å². The molecule has 0 fully saturated rings. The monoisotopic (exact) mass is 317 g/mol. The standard InChI is InChI=1S/C14H19N7O2/c1-3-11-12(18-9-22)13(17-5-4-16-10(2)23)20-14(19-11)21-7-6-15-8-21/h6-9H,3-5H2,1-2H3,(H,16,23)(H,18,22)(H,17,19,20). The molecule has 2 aromatic heterocycles. The third-order valence-corrected chi connectivity index (χ3v) is 3.04. The number of hydrogen-bond donors (Lipinski definition) is 3. The van der Waals surface area contributed by atoms with Crippen molar-refractivity contribution in [2.75, 3.05) is 23.7 Å². The van der Waals surface area contributed by atoms with Crippen molar-refractivity contribution in [1.29, 1.82) is 0 Å². The fourth-order valence-corrected chi connectivity index (χ4v) is 2.00. The summed E-state index contributed by atoms with van der Waals surface area (Å²) in [6.07, 6.45) is 6.19. The molecule has 122 valence electrons. The molecule has 0 aliphatic rings. The predicted molar refractivity (Wildman–Crippen MR) is 85.4 cm³/mol. The minimum absolute atomic E-state index is 0.103. The molecular weight excluding hydrogens is 298 g/mol. The first kappa shape index (κ1) is 16.4. The van der Waals surface area contributed by atoms with E-state index >= 15 is 0 Å². The molecule has 2 heterocycles. The van der Waals surface area contributed by atoms with E-state index < -0.39 is 0 Å². The van der Waals surface area contributed by atoms with Crippen LogP contribution in [0, 0.1) is 0 Å². The predicted octanol–water partition coefficient (Wildman–Crippen LogP) is 0.341. The molecule has 0 spiro atoms. The Balaban J connectivity index is 2.29. The van der Waals surface area contributed by atoms with E-state index in [1.807, 2.05) is 6.92 Å². The Bertz CT molecular complexity index is 670. The minimum Gasteiger partial charge on any atom is -0.366 e. The largest absolute Gasteiger partial charge is 0.366 e. The van der Waals surface area contributed by atoms with E-state index in [0.29, 0.717) is 49.1 Å². The van der Waals surface area contributed by atoms with Gasteiger partial charge in [-0.1, -0.05) is 6.92 Å². The third kappa shape index (κ3) is 4.25. The topological polar surface area (TPSA) is 114 Å². The molecule has 0 saturated heterocycles. The summed E-state index contributed by atoms with van der Waals surface area (Å²) in [6.45, 7) is 4.31. The molecule has 9 heteroatoms. The quantitative estimate of drug-likeness (QED) is 0.478. The molecule has 23 heavy (non-hydrogen) atoms. The molecule has 0 aromatic carbocycles. The van der Waals surface area contributed by atoms with Crippen molar-refractivity contribution in [2.45, 2.75) is 20.3 Å². The van der Waals surface area contributed by atoms with E-state index in [4.69, 9.17) is 0 Å². The van der Waals surface area contributed by atoms with Gasteiger partial charge in [0, 0.05) is 32.4 Å². The summed E-state index contributed by atoms with van der Waals surface area (Å²) in [5, 5.41) is 8.44. The van der Waals surface area contributed by atoms with Crippen molar-refractivity contribution in [3.05, 3.63) is 24.4 Å². The Hall–Kier alpha value is -2.97. The highest BCUT2D eigenvalue weighted by Gasteiger charge is 2.14. The molecule has 2 rings (SSSR count). The molecule has 3 N–H and O–H groups in total. The number of carbonyl (C=O) groups excluding carboxylic acids is 2. The molecule has 0 saturated carbocycles. The number of imidazole rings is 1. The second-order valence-electron chi connectivity index (χ2n) is 4.69. The SMILES string of the molecule is CCc1nc(-n2ccnc2)nc(NCCNC(C)=O)c1NC=O. The maximum atomic E-state index is 10.9. The molecule has 2 aromatic rings. The van der Waals surface area contributed by atoms with Gasteiger partial charge < -0.3 is 16.0 Å². The molecule has 0 aliphatic heterocycles. The number of carbonyl (C=O) groups is 2. The number of nitrogens with one attached hydrogen (secondary N) is 3. The van der Waals surface area contributed by atoms with Crippen LogP contribution in [-0.4, -0.2) is 44.9 Å². The second-order valence-corrected chi connectivity index (χ2v) is 4.69. The van der Waals surface area contributed by atoms with Gasteiger partial charge in [-0.15, -0.1) is 0 Å². The molecule has 0 radical (unpaired) electrons. The van der Waals surface area contributed by atoms with E-state index in [-0.39, 0.29) is 5.91 Å². The van der Waals surface area contributed by atoms with Gasteiger partial charge in [-0.05, 0) is 6.42 Å². The minimum atomic E-state index is -0.103. The van der Waals surface area contributed by atoms with Gasteiger partial charge in [-0.25, -0.2) is 9.97 Å². The molecule has 9 nitrogen and oxygen atoms in total. The lowest BCUT2D eigenvalue weighted by atomic mass is 10.2. The number of hydrogen-bond acceptors (Lipinski definition) is 6. The van der Waals surface area contributed by atoms with Crippen molar-refractivity contribution >= 4 is 23.8 Å². The van der Waals surface area contributed by atoms with Gasteiger partial charge in [0.1, 0.15) is 12.0 Å². The highest BCUT2D eigenvalue weighted by atomic mass is 16.1. The van der Waals surface area contributed by atoms with Gasteiger partial charge >= 0.3 is 0 Å². The summed E-state index contributed by atoms with van der Waals surface area (Å²) < 4.78 is 1.68. The summed E-state index contributed by atoms with van der Waals surface area (Å²) in [6, 6.07) is 0. The number of rotatable bonds is 8. The maximum absolute atomic E-state index is 10.9. The van der Waals surface area contributed by atoms with E-state index in [9.17, 15) is 9.59 Å². The van der Waals surface area contributed by atoms with Gasteiger partial charge in [0.15, 0.2) is 5.82 Å². The molecular formula is C14H19N7O2. The van der Waals surface area contributed by atoms with Crippen LogP contribution in [0.4, 0.5) is 11.5 Å². The normalized spacial score (nSPS) is 10.2. The van der Waals surface area contributed by atoms with Crippen LogP contribution in [0.5, 0.6) is 0 Å². The Labute approximate surface area is 133 Å². The first-order valence-electron chi connectivity index (χ1n) is 7.23. The van der Waals surface area contributed by atoms with Crippen LogP contribution in [0.25, 0.3) is 5.95 Å². The summed E-state index contributed by atoms with van der Waals surface area (Å²) in [5.74, 6) is 0.852. The Kier molecular flexibility index (Phi) is 5.61. The number of aryl methyl sites for hydroxylation is 1. The lowest BCUT2D eigenvalue weighted by Crippen LogP contribution is -2.27. The van der Waals surface area contributed by atoms with E-state index in [0.717, 1.165) is 0 Å². The van der Waals surface area contributed by atoms with Crippen molar-refractivity contribution in [1.82, 2.24) is 24.8 Å². The van der Waals surface area contributed by atoms with Gasteiger partial charge in [0.05, 0.1) is 5.69 Å². The third-order valence-electron chi connectivity index (χ3n) is 3.04. The first-order chi connectivity index (χ1) is 11.2. The van der Waals surface area contributed by atoms with Crippen molar-refractivity contribution in [2.24, 2.45) is 0 Å². The zero-order valence-electron chi connectivity index (χ0n) is 13.0. The summed E-state index contributed by atoms with van der Waals surface area (Å²) >= 11 is 0. The zero-order chi connectivity index (χ0) is 16.7. The summed E-state index contributed by atoms with van der Waals surface area (Å²) in [5.41, 5.74) is 1.24. The average Bonchev–Trinajstić information content (AvgIpc) is 3.07. The number of amides is 2. The van der Waals surface area contributed by atoms with Crippen molar-refractivity contribution in [3.63, 3.8) is 0 Å². The summed E-state index contributed by atoms with van der Waals surface area (Å²) in [4.78, 5) is 34.6. The molecule has 0 aliphatic carbocycles. The van der Waals surface area contributed by atoms with Gasteiger partial charge in [-0.2, -0.15) is 4.98 Å². The average molecular weight is 317 g/mol. The Morgan fingerprint density at radius 1 is 1.35 bits per heavy atom. The number of aromatic nitrogens is 4. The van der Waals surface area contributed by atoms with Crippen LogP contribution in [0.2, 0.25) is 0 Å². The highest BCUT2D eigenvalue weighted by molar-refractivity contribution is 5.81. The lowest BCUT2D eigenvalue weighted by Gasteiger charge is -2.15. The molecule has 0 atom stereocenters. The van der Waals surface area contributed by atoms with Crippen LogP contribution < -0.4 is 16.0 Å². The van der Waals surface area contributed by atoms with Crippen LogP contribution in [0.3, 0.4) is 0 Å². The number of anilines is 2. The highest BCUT2D eigenvalue weighted by Crippen LogP contribution is 2.24. The Morgan fingerprint density at radius 2 is 2.17 bits per heavy atom. The summed E-state index contributed by atoms with van der Waals surface area (Å²) in [7, 11) is 0. The first-order valence-corrected chi connectivity index (χ1v) is 7.23. The van der Waals surface area contributed by atoms with Gasteiger partial charge in [0.2, 0.25) is 18.3 Å².